The number of ether oxygens (including phenoxy) is 8. The van der Waals surface area contributed by atoms with E-state index >= 15 is 0 Å². The third kappa shape index (κ3) is 11.0. The molecular weight excluding hydrogens is 1020 g/mol. The molecule has 0 spiro atoms. The molecule has 4 saturated carbocycles. The molecule has 0 bridgehead atoms. The van der Waals surface area contributed by atoms with Crippen LogP contribution >= 0.6 is 0 Å². The lowest BCUT2D eigenvalue weighted by Crippen LogP contribution is -2.68. The normalized spacial score (nSPS) is 52.1. The highest BCUT2D eigenvalue weighted by atomic mass is 17.1. The quantitative estimate of drug-likeness (QED) is 0.0341. The number of fused-ring (bicyclic) bond motifs is 5. The molecule has 0 aromatic rings. The summed E-state index contributed by atoms with van der Waals surface area (Å²) in [7, 11) is 0. The predicted octanol–water partition coefficient (Wildman–Crippen LogP) is -2.10. The zero-order valence-corrected chi connectivity index (χ0v) is 45.5. The van der Waals surface area contributed by atoms with Gasteiger partial charge in [0.05, 0.1) is 44.2 Å². The zero-order chi connectivity index (χ0) is 56.7. The van der Waals surface area contributed by atoms with Crippen molar-refractivity contribution >= 4 is 0 Å². The van der Waals surface area contributed by atoms with Crippen LogP contribution < -0.4 is 0 Å². The Morgan fingerprint density at radius 2 is 1.14 bits per heavy atom. The average Bonchev–Trinajstić information content (AvgIpc) is 3.97. The highest BCUT2D eigenvalue weighted by Crippen LogP contribution is 2.76. The first-order valence-electron chi connectivity index (χ1n) is 27.5. The van der Waals surface area contributed by atoms with Crippen LogP contribution in [-0.4, -0.2) is 243 Å². The molecule has 4 aliphatic carbocycles. The standard InChI is InChI=1S/C53H90O24/c1-48(2,77-68)13-9-14-53(8,76-46-42(67)38(63)36(61)28(73-46)22-70-44-40(65)33(58)25(57)21-69-44)23-10-16-52(7)32(23)24(56)18-30-50(5)15-12-31(49(3,4)29(50)11-17-51(30,52)6)74-47-43(39(64)35(60)27(20-55)72-47)75-45-41(66)37(62)34(59)26(19-54)71-45/h9,13,23-47,54-68H,10-12,14-22H2,1-8H3. The van der Waals surface area contributed by atoms with Crippen molar-refractivity contribution in [2.75, 3.05) is 26.4 Å². The number of rotatable bonds is 16. The van der Waals surface area contributed by atoms with Crippen molar-refractivity contribution in [2.24, 2.45) is 45.3 Å². The van der Waals surface area contributed by atoms with Crippen LogP contribution in [0.1, 0.15) is 107 Å². The SMILES string of the molecule is CC(C)(C=CCC(C)(OC1OC(COC2OCC(O)C(O)C2O)C(O)C(O)C1O)C1CCC2(C)C1C(O)CC1C3(C)CCC(OC4OC(CO)C(O)C(O)C4OC4OC(CO)C(O)C(O)C4O)C(C)(C)C3CCC12C)OO. The van der Waals surface area contributed by atoms with Gasteiger partial charge in [-0.3, -0.25) is 5.26 Å². The van der Waals surface area contributed by atoms with Crippen molar-refractivity contribution in [1.29, 1.82) is 0 Å². The molecule has 0 aromatic heterocycles. The van der Waals surface area contributed by atoms with Gasteiger partial charge in [0.1, 0.15) is 97.2 Å². The van der Waals surface area contributed by atoms with Gasteiger partial charge in [0.15, 0.2) is 25.2 Å². The highest BCUT2D eigenvalue weighted by Gasteiger charge is 2.72. The highest BCUT2D eigenvalue weighted by molar-refractivity contribution is 5.21. The van der Waals surface area contributed by atoms with Gasteiger partial charge in [0, 0.05) is 0 Å². The fourth-order valence-corrected chi connectivity index (χ4v) is 15.9. The maximum absolute atomic E-state index is 12.8. The second kappa shape index (κ2) is 23.1. The van der Waals surface area contributed by atoms with Crippen LogP contribution in [0.5, 0.6) is 0 Å². The van der Waals surface area contributed by atoms with Crippen LogP contribution in [0.4, 0.5) is 0 Å². The Kier molecular flexibility index (Phi) is 18.5. The first-order valence-corrected chi connectivity index (χ1v) is 27.5. The Hall–Kier alpha value is -1.22. The number of hydrogen-bond donors (Lipinski definition) is 15. The fraction of sp³-hybridized carbons (Fsp3) is 0.962. The van der Waals surface area contributed by atoms with Gasteiger partial charge in [0.2, 0.25) is 0 Å². The molecule has 29 atom stereocenters. The summed E-state index contributed by atoms with van der Waals surface area (Å²) in [6, 6.07) is 0. The van der Waals surface area contributed by atoms with Crippen LogP contribution in [0, 0.1) is 45.3 Å². The van der Waals surface area contributed by atoms with Crippen LogP contribution in [0.15, 0.2) is 12.2 Å². The lowest BCUT2D eigenvalue weighted by atomic mass is 9.35. The minimum atomic E-state index is -1.83. The summed E-state index contributed by atoms with van der Waals surface area (Å²) in [5.74, 6) is -0.727. The Morgan fingerprint density at radius 1 is 0.571 bits per heavy atom. The van der Waals surface area contributed by atoms with Gasteiger partial charge in [-0.2, -0.15) is 0 Å². The third-order valence-corrected chi connectivity index (χ3v) is 20.6. The topological polar surface area (TPSA) is 387 Å². The summed E-state index contributed by atoms with van der Waals surface area (Å²) in [5.41, 5.74) is -4.10. The Balaban J connectivity index is 1.02. The first-order chi connectivity index (χ1) is 35.9. The van der Waals surface area contributed by atoms with E-state index in [1.54, 1.807) is 26.0 Å². The van der Waals surface area contributed by atoms with Gasteiger partial charge < -0.3 is 109 Å². The van der Waals surface area contributed by atoms with E-state index in [0.29, 0.717) is 32.1 Å². The summed E-state index contributed by atoms with van der Waals surface area (Å²) in [6.45, 7) is 14.1. The molecular formula is C53H90O24. The van der Waals surface area contributed by atoms with E-state index in [-0.39, 0.29) is 47.5 Å². The third-order valence-electron chi connectivity index (χ3n) is 20.6. The van der Waals surface area contributed by atoms with Crippen molar-refractivity contribution in [3.05, 3.63) is 12.2 Å². The zero-order valence-electron chi connectivity index (χ0n) is 45.5. The van der Waals surface area contributed by atoms with Crippen molar-refractivity contribution in [1.82, 2.24) is 0 Å². The van der Waals surface area contributed by atoms with Crippen molar-refractivity contribution in [3.8, 4) is 0 Å². The molecule has 8 aliphatic rings. The van der Waals surface area contributed by atoms with Gasteiger partial charge in [-0.05, 0) is 117 Å². The van der Waals surface area contributed by atoms with Gasteiger partial charge in [-0.1, -0.05) is 46.8 Å². The Bertz CT molecular complexity index is 2000. The molecule has 29 unspecified atom stereocenters. The van der Waals surface area contributed by atoms with E-state index in [1.165, 1.54) is 0 Å². The van der Waals surface area contributed by atoms with E-state index in [1.807, 2.05) is 6.92 Å². The van der Waals surface area contributed by atoms with Gasteiger partial charge in [-0.25, -0.2) is 4.89 Å². The minimum Gasteiger partial charge on any atom is -0.394 e. The molecule has 4 aliphatic heterocycles. The summed E-state index contributed by atoms with van der Waals surface area (Å²) in [6.07, 6.45) is -23.3. The Morgan fingerprint density at radius 3 is 1.78 bits per heavy atom. The van der Waals surface area contributed by atoms with E-state index in [0.717, 1.165) is 12.8 Å². The monoisotopic (exact) mass is 1110 g/mol. The van der Waals surface area contributed by atoms with E-state index in [2.05, 4.69) is 34.6 Å². The van der Waals surface area contributed by atoms with E-state index in [4.69, 9.17) is 42.8 Å². The number of hydrogen-bond acceptors (Lipinski definition) is 24. The summed E-state index contributed by atoms with van der Waals surface area (Å²) in [5, 5.41) is 161. The van der Waals surface area contributed by atoms with Gasteiger partial charge >= 0.3 is 0 Å². The Labute approximate surface area is 449 Å². The number of aliphatic hydroxyl groups excluding tert-OH is 14. The fourth-order valence-electron chi connectivity index (χ4n) is 15.9. The molecule has 0 aromatic carbocycles. The lowest BCUT2D eigenvalue weighted by molar-refractivity contribution is -0.378. The van der Waals surface area contributed by atoms with E-state index < -0.39 is 171 Å². The van der Waals surface area contributed by atoms with Crippen molar-refractivity contribution in [3.63, 3.8) is 0 Å². The minimum absolute atomic E-state index is 0.000540. The summed E-state index contributed by atoms with van der Waals surface area (Å²) in [4.78, 5) is 4.70. The van der Waals surface area contributed by atoms with Crippen molar-refractivity contribution in [2.45, 2.75) is 247 Å². The summed E-state index contributed by atoms with van der Waals surface area (Å²) >= 11 is 0. The molecule has 0 radical (unpaired) electrons. The van der Waals surface area contributed by atoms with Crippen LogP contribution in [-0.2, 0) is 42.8 Å². The second-order valence-electron chi connectivity index (χ2n) is 25.8. The van der Waals surface area contributed by atoms with Gasteiger partial charge in [-0.15, -0.1) is 0 Å². The summed E-state index contributed by atoms with van der Waals surface area (Å²) < 4.78 is 48.6. The average molecular weight is 1110 g/mol. The predicted molar refractivity (Wildman–Crippen MR) is 263 cm³/mol. The molecule has 8 rings (SSSR count). The molecule has 24 heteroatoms. The van der Waals surface area contributed by atoms with Gasteiger partial charge in [0.25, 0.3) is 0 Å². The molecule has 4 saturated heterocycles. The largest absolute Gasteiger partial charge is 0.394 e. The lowest BCUT2D eigenvalue weighted by Gasteiger charge is -2.71. The van der Waals surface area contributed by atoms with Crippen LogP contribution in [0.2, 0.25) is 0 Å². The van der Waals surface area contributed by atoms with Crippen molar-refractivity contribution < 1.29 is 120 Å². The number of aliphatic hydroxyl groups is 14. The van der Waals surface area contributed by atoms with Crippen LogP contribution in [0.25, 0.3) is 0 Å². The first kappa shape index (κ1) is 61.8. The molecule has 24 nitrogen and oxygen atoms in total. The smallest absolute Gasteiger partial charge is 0.187 e. The van der Waals surface area contributed by atoms with E-state index in [9.17, 15) is 76.7 Å². The molecule has 446 valence electrons. The molecule has 15 N–H and O–H groups in total. The van der Waals surface area contributed by atoms with Crippen LogP contribution in [0.3, 0.4) is 0 Å². The molecule has 0 amide bonds. The maximum atomic E-state index is 12.8. The maximum Gasteiger partial charge on any atom is 0.187 e. The molecule has 77 heavy (non-hydrogen) atoms. The molecule has 4 heterocycles. The second-order valence-corrected chi connectivity index (χ2v) is 25.8. The molecule has 8 fully saturated rings.